The fourth-order valence-corrected chi connectivity index (χ4v) is 4.70. The van der Waals surface area contributed by atoms with Crippen molar-refractivity contribution in [3.8, 4) is 0 Å². The minimum atomic E-state index is -0.751. The van der Waals surface area contributed by atoms with Crippen molar-refractivity contribution >= 4 is 5.97 Å². The molecule has 10 heteroatoms. The van der Waals surface area contributed by atoms with Crippen LogP contribution in [-0.2, 0) is 53.0 Å². The molecule has 0 bridgehead atoms. The Kier molecular flexibility index (Phi) is 20.3. The maximum Gasteiger partial charge on any atom is 0.307 e. The topological polar surface area (TPSA) is 100 Å². The highest BCUT2D eigenvalue weighted by Gasteiger charge is 2.37. The maximum atomic E-state index is 11.0. The van der Waals surface area contributed by atoms with Gasteiger partial charge < -0.3 is 42.6 Å². The number of carbonyl (C=O) groups is 1. The fraction of sp³-hybridized carbons (Fsp3) is 0.486. The van der Waals surface area contributed by atoms with Crippen molar-refractivity contribution < 1.29 is 47.4 Å². The van der Waals surface area contributed by atoms with Gasteiger partial charge >= 0.3 is 5.97 Å². The first-order chi connectivity index (χ1) is 23.3. The number of esters is 1. The lowest BCUT2D eigenvalue weighted by Gasteiger charge is -2.36. The number of hydrogen-bond donors (Lipinski definition) is 0. The Morgan fingerprint density at radius 2 is 0.702 bits per heavy atom. The third-order valence-corrected chi connectivity index (χ3v) is 7.00. The summed E-state index contributed by atoms with van der Waals surface area (Å²) in [6.07, 6.45) is 0.244. The fourth-order valence-electron chi connectivity index (χ4n) is 4.70. The van der Waals surface area contributed by atoms with E-state index in [1.54, 1.807) is 0 Å². The number of hydrogen-bond acceptors (Lipinski definition) is 10. The molecule has 3 aromatic rings. The van der Waals surface area contributed by atoms with Crippen molar-refractivity contribution in [2.45, 2.75) is 12.0 Å². The molecule has 0 N–H and O–H groups in total. The van der Waals surface area contributed by atoms with E-state index in [1.165, 1.54) is 7.11 Å². The first-order valence-electron chi connectivity index (χ1n) is 16.2. The third-order valence-electron chi connectivity index (χ3n) is 7.00. The molecule has 0 heterocycles. The standard InChI is InChI=1S/C37H50O10/c1-39-36(38)17-18-40-19-20-41-21-22-42-23-24-43-25-26-44-27-28-45-29-30-46-31-32-47-37(33-11-5-2-6-12-33,34-13-7-3-8-14-34)35-15-9-4-10-16-35/h2-16H,17-32H2,1H3. The molecule has 0 saturated carbocycles. The molecule has 10 nitrogen and oxygen atoms in total. The van der Waals surface area contributed by atoms with Gasteiger partial charge in [0.05, 0.1) is 113 Å². The molecule has 3 aromatic carbocycles. The smallest absolute Gasteiger partial charge is 0.307 e. The normalized spacial score (nSPS) is 11.5. The summed E-state index contributed by atoms with van der Waals surface area (Å²) in [5.41, 5.74) is 2.44. The lowest BCUT2D eigenvalue weighted by Crippen LogP contribution is -2.34. The van der Waals surface area contributed by atoms with E-state index in [9.17, 15) is 4.79 Å². The van der Waals surface area contributed by atoms with Gasteiger partial charge in [-0.3, -0.25) is 4.79 Å². The van der Waals surface area contributed by atoms with Crippen molar-refractivity contribution in [1.29, 1.82) is 0 Å². The average molecular weight is 655 g/mol. The monoisotopic (exact) mass is 654 g/mol. The Morgan fingerprint density at radius 1 is 0.426 bits per heavy atom. The number of carbonyl (C=O) groups excluding carboxylic acids is 1. The molecule has 0 spiro atoms. The van der Waals surface area contributed by atoms with E-state index in [2.05, 4.69) is 41.1 Å². The highest BCUT2D eigenvalue weighted by Crippen LogP contribution is 2.40. The van der Waals surface area contributed by atoms with E-state index in [1.807, 2.05) is 54.6 Å². The zero-order valence-electron chi connectivity index (χ0n) is 27.6. The average Bonchev–Trinajstić information content (AvgIpc) is 3.12. The van der Waals surface area contributed by atoms with Crippen LogP contribution >= 0.6 is 0 Å². The summed E-state index contributed by atoms with van der Waals surface area (Å²) in [7, 11) is 1.36. The van der Waals surface area contributed by atoms with Gasteiger partial charge in [-0.15, -0.1) is 0 Å². The van der Waals surface area contributed by atoms with E-state index in [0.29, 0.717) is 99.1 Å². The van der Waals surface area contributed by atoms with Gasteiger partial charge in [-0.2, -0.15) is 0 Å². The number of ether oxygens (including phenoxy) is 9. The van der Waals surface area contributed by atoms with Gasteiger partial charge in [0.2, 0.25) is 0 Å². The van der Waals surface area contributed by atoms with E-state index in [4.69, 9.17) is 37.9 Å². The Morgan fingerprint density at radius 3 is 1.00 bits per heavy atom. The molecular weight excluding hydrogens is 604 g/mol. The second-order valence-electron chi connectivity index (χ2n) is 10.2. The number of benzene rings is 3. The molecule has 0 atom stereocenters. The zero-order chi connectivity index (χ0) is 33.1. The van der Waals surface area contributed by atoms with Gasteiger partial charge in [-0.05, 0) is 16.7 Å². The van der Waals surface area contributed by atoms with Crippen molar-refractivity contribution in [3.05, 3.63) is 108 Å². The molecule has 0 unspecified atom stereocenters. The summed E-state index contributed by atoms with van der Waals surface area (Å²) >= 11 is 0. The van der Waals surface area contributed by atoms with E-state index in [0.717, 1.165) is 16.7 Å². The third kappa shape index (κ3) is 15.1. The molecule has 47 heavy (non-hydrogen) atoms. The minimum Gasteiger partial charge on any atom is -0.469 e. The summed E-state index contributed by atoms with van der Waals surface area (Å²) in [5, 5.41) is 0. The molecule has 258 valence electrons. The van der Waals surface area contributed by atoms with Crippen LogP contribution in [0.1, 0.15) is 23.1 Å². The summed E-state index contributed by atoms with van der Waals surface area (Å²) in [6.45, 7) is 6.87. The zero-order valence-corrected chi connectivity index (χ0v) is 27.6. The largest absolute Gasteiger partial charge is 0.469 e. The summed E-state index contributed by atoms with van der Waals surface area (Å²) in [6, 6.07) is 30.9. The second kappa shape index (κ2) is 24.9. The summed E-state index contributed by atoms with van der Waals surface area (Å²) in [4.78, 5) is 11.0. The van der Waals surface area contributed by atoms with E-state index >= 15 is 0 Å². The van der Waals surface area contributed by atoms with Crippen molar-refractivity contribution in [3.63, 3.8) is 0 Å². The van der Waals surface area contributed by atoms with Gasteiger partial charge in [0.25, 0.3) is 0 Å². The highest BCUT2D eigenvalue weighted by molar-refractivity contribution is 5.69. The van der Waals surface area contributed by atoms with Crippen LogP contribution < -0.4 is 0 Å². The highest BCUT2D eigenvalue weighted by atomic mass is 16.6. The predicted octanol–water partition coefficient (Wildman–Crippen LogP) is 4.67. The van der Waals surface area contributed by atoms with Gasteiger partial charge in [0.1, 0.15) is 5.60 Å². The first-order valence-corrected chi connectivity index (χ1v) is 16.2. The Balaban J connectivity index is 1.16. The molecule has 0 aliphatic rings. The first kappa shape index (κ1) is 38.3. The van der Waals surface area contributed by atoms with Crippen LogP contribution in [0.25, 0.3) is 0 Å². The van der Waals surface area contributed by atoms with Gasteiger partial charge in [-0.1, -0.05) is 91.0 Å². The number of rotatable bonds is 28. The van der Waals surface area contributed by atoms with Crippen LogP contribution in [-0.4, -0.2) is 112 Å². The van der Waals surface area contributed by atoms with Crippen LogP contribution in [0.2, 0.25) is 0 Å². The lowest BCUT2D eigenvalue weighted by molar-refractivity contribution is -0.141. The Bertz CT molecular complexity index is 1070. The Labute approximate surface area is 279 Å². The van der Waals surface area contributed by atoms with E-state index in [-0.39, 0.29) is 12.4 Å². The predicted molar refractivity (Wildman–Crippen MR) is 178 cm³/mol. The Hall–Kier alpha value is -3.19. The SMILES string of the molecule is COC(=O)CCOCCOCCOCCOCCOCCOCCOCCOC(c1ccccc1)(c1ccccc1)c1ccccc1. The molecular formula is C37H50O10. The van der Waals surface area contributed by atoms with Crippen LogP contribution in [0.15, 0.2) is 91.0 Å². The summed E-state index contributed by atoms with van der Waals surface area (Å²) < 4.78 is 49.9. The lowest BCUT2D eigenvalue weighted by atomic mass is 9.80. The van der Waals surface area contributed by atoms with Crippen molar-refractivity contribution in [2.75, 3.05) is 106 Å². The van der Waals surface area contributed by atoms with Crippen LogP contribution in [0.4, 0.5) is 0 Å². The van der Waals surface area contributed by atoms with Gasteiger partial charge in [0, 0.05) is 0 Å². The molecule has 0 fully saturated rings. The molecule has 0 radical (unpaired) electrons. The molecule has 0 aliphatic carbocycles. The van der Waals surface area contributed by atoms with Crippen molar-refractivity contribution in [2.24, 2.45) is 0 Å². The molecule has 3 rings (SSSR count). The molecule has 0 saturated heterocycles. The molecule has 0 aliphatic heterocycles. The number of methoxy groups -OCH3 is 1. The minimum absolute atomic E-state index is 0.244. The maximum absolute atomic E-state index is 11.0. The van der Waals surface area contributed by atoms with Crippen LogP contribution in [0.3, 0.4) is 0 Å². The quantitative estimate of drug-likeness (QED) is 0.0624. The molecule has 0 amide bonds. The van der Waals surface area contributed by atoms with Crippen molar-refractivity contribution in [1.82, 2.24) is 0 Å². The molecule has 0 aromatic heterocycles. The van der Waals surface area contributed by atoms with Gasteiger partial charge in [-0.25, -0.2) is 0 Å². The van der Waals surface area contributed by atoms with Gasteiger partial charge in [0.15, 0.2) is 0 Å². The van der Waals surface area contributed by atoms with E-state index < -0.39 is 5.60 Å². The van der Waals surface area contributed by atoms with Crippen LogP contribution in [0.5, 0.6) is 0 Å². The second-order valence-corrected chi connectivity index (χ2v) is 10.2. The van der Waals surface area contributed by atoms with Crippen LogP contribution in [0, 0.1) is 0 Å². The summed E-state index contributed by atoms with van der Waals surface area (Å²) in [5.74, 6) is -0.285.